The zero-order chi connectivity index (χ0) is 21.4. The van der Waals surface area contributed by atoms with Gasteiger partial charge in [-0.1, -0.05) is 0 Å². The molecule has 1 N–H and O–H groups in total. The largest absolute Gasteiger partial charge is 0.465 e. The van der Waals surface area contributed by atoms with Crippen molar-refractivity contribution in [3.8, 4) is 0 Å². The maximum Gasteiger partial charge on any atom is 0.325 e. The second-order valence-electron chi connectivity index (χ2n) is 7.06. The molecule has 3 rings (SSSR count). The van der Waals surface area contributed by atoms with E-state index in [0.717, 1.165) is 4.90 Å². The van der Waals surface area contributed by atoms with Crippen LogP contribution in [-0.2, 0) is 46.8 Å². The average Bonchev–Trinajstić information content (AvgIpc) is 3.12. The fourth-order valence-corrected chi connectivity index (χ4v) is 5.95. The third kappa shape index (κ3) is 3.50. The predicted octanol–water partition coefficient (Wildman–Crippen LogP) is -2.84. The minimum atomic E-state index is -3.78. The van der Waals surface area contributed by atoms with Gasteiger partial charge in [0.15, 0.2) is 28.8 Å². The van der Waals surface area contributed by atoms with Gasteiger partial charge in [-0.2, -0.15) is 0 Å². The summed E-state index contributed by atoms with van der Waals surface area (Å²) in [4.78, 5) is 47.6. The monoisotopic (exact) mass is 428 g/mol. The molecule has 29 heavy (non-hydrogen) atoms. The molecule has 13 heteroatoms. The van der Waals surface area contributed by atoms with Crippen molar-refractivity contribution in [1.82, 2.24) is 20.1 Å². The Morgan fingerprint density at radius 1 is 1.48 bits per heavy atom. The molecule has 2 aliphatic heterocycles. The van der Waals surface area contributed by atoms with Crippen LogP contribution in [0.5, 0.6) is 0 Å². The second-order valence-corrected chi connectivity index (χ2v) is 9.63. The van der Waals surface area contributed by atoms with Crippen molar-refractivity contribution in [3.05, 3.63) is 12.4 Å². The number of ether oxygens (including phenoxy) is 1. The molecule has 0 saturated carbocycles. The molecule has 3 atom stereocenters. The Morgan fingerprint density at radius 3 is 2.83 bits per heavy atom. The van der Waals surface area contributed by atoms with Crippen molar-refractivity contribution in [2.45, 2.75) is 49.5 Å². The average molecular weight is 428 g/mol. The Kier molecular flexibility index (Phi) is 5.43. The highest BCUT2D eigenvalue weighted by atomic mass is 32.2. The Balaban J connectivity index is 1.68. The van der Waals surface area contributed by atoms with Crippen molar-refractivity contribution in [2.24, 2.45) is 0 Å². The molecule has 0 aliphatic carbocycles. The van der Waals surface area contributed by atoms with Gasteiger partial charge < -0.3 is 19.7 Å². The Hall–Kier alpha value is -2.83. The first kappa shape index (κ1) is 20.9. The normalized spacial score (nSPS) is 27.1. The first-order valence-corrected chi connectivity index (χ1v) is 10.5. The fraction of sp³-hybridized carbons (Fsp3) is 0.625. The number of β-lactam (4-membered cyclic amide) rings is 1. The van der Waals surface area contributed by atoms with Gasteiger partial charge in [0.1, 0.15) is 35.5 Å². The number of aldehydes is 1. The van der Waals surface area contributed by atoms with Crippen molar-refractivity contribution in [1.29, 1.82) is 0 Å². The van der Waals surface area contributed by atoms with Gasteiger partial charge in [-0.25, -0.2) is 8.42 Å². The SMILES string of the molecule is CCOC(=O)CNC(=O)C[n+]1ccn(C[C@@]2(C)[C@H](C=O)N3C(=O)CC3S2(=O)=O)n1. The summed E-state index contributed by atoms with van der Waals surface area (Å²) in [5, 5.41) is 5.53. The van der Waals surface area contributed by atoms with Crippen molar-refractivity contribution >= 4 is 33.9 Å². The van der Waals surface area contributed by atoms with Crippen LogP contribution in [-0.4, -0.2) is 76.6 Å². The predicted molar refractivity (Wildman–Crippen MR) is 94.5 cm³/mol. The number of amides is 2. The Labute approximate surface area is 166 Å². The Bertz CT molecular complexity index is 959. The molecule has 3 heterocycles. The molecule has 2 fully saturated rings. The van der Waals surface area contributed by atoms with Crippen LogP contribution in [0.15, 0.2) is 12.4 Å². The van der Waals surface area contributed by atoms with E-state index in [1.807, 2.05) is 0 Å². The van der Waals surface area contributed by atoms with Gasteiger partial charge in [0.2, 0.25) is 5.91 Å². The number of hydrogen-bond acceptors (Lipinski definition) is 8. The van der Waals surface area contributed by atoms with E-state index in [1.165, 1.54) is 28.7 Å². The minimum Gasteiger partial charge on any atom is -0.465 e. The summed E-state index contributed by atoms with van der Waals surface area (Å²) < 4.78 is 31.5. The van der Waals surface area contributed by atoms with Gasteiger partial charge in [-0.05, 0) is 13.8 Å². The maximum absolute atomic E-state index is 12.9. The first-order chi connectivity index (χ1) is 13.6. The number of hydrogen-bond donors (Lipinski definition) is 1. The first-order valence-electron chi connectivity index (χ1n) is 8.99. The van der Waals surface area contributed by atoms with Gasteiger partial charge in [-0.15, -0.1) is 9.36 Å². The van der Waals surface area contributed by atoms with Crippen LogP contribution in [0.4, 0.5) is 0 Å². The van der Waals surface area contributed by atoms with E-state index in [2.05, 4.69) is 10.5 Å². The smallest absolute Gasteiger partial charge is 0.325 e. The highest BCUT2D eigenvalue weighted by Gasteiger charge is 2.68. The van der Waals surface area contributed by atoms with E-state index in [9.17, 15) is 27.6 Å². The topological polar surface area (TPSA) is 149 Å². The third-order valence-corrected chi connectivity index (χ3v) is 7.95. The molecule has 1 aromatic rings. The lowest BCUT2D eigenvalue weighted by atomic mass is 9.97. The van der Waals surface area contributed by atoms with Crippen LogP contribution in [0.2, 0.25) is 0 Å². The number of rotatable bonds is 8. The number of carbonyl (C=O) groups is 4. The lowest BCUT2D eigenvalue weighted by molar-refractivity contribution is -0.743. The molecule has 2 aliphatic rings. The number of fused-ring (bicyclic) bond motifs is 1. The summed E-state index contributed by atoms with van der Waals surface area (Å²) in [6.07, 6.45) is 3.29. The molecule has 0 spiro atoms. The number of sulfone groups is 1. The van der Waals surface area contributed by atoms with Gasteiger partial charge in [0.05, 0.1) is 18.2 Å². The minimum absolute atomic E-state index is 0.123. The molecule has 0 aromatic carbocycles. The van der Waals surface area contributed by atoms with Crippen molar-refractivity contribution in [3.63, 3.8) is 0 Å². The van der Waals surface area contributed by atoms with E-state index in [0.29, 0.717) is 6.29 Å². The lowest BCUT2D eigenvalue weighted by Gasteiger charge is -2.35. The summed E-state index contributed by atoms with van der Waals surface area (Å²) in [7, 11) is -3.78. The highest BCUT2D eigenvalue weighted by Crippen LogP contribution is 2.45. The molecular formula is C16H22N5O7S+. The van der Waals surface area contributed by atoms with Crippen LogP contribution in [0, 0.1) is 0 Å². The van der Waals surface area contributed by atoms with Crippen molar-refractivity contribution < 1.29 is 37.0 Å². The van der Waals surface area contributed by atoms with E-state index in [4.69, 9.17) is 4.74 Å². The van der Waals surface area contributed by atoms with E-state index in [1.54, 1.807) is 6.92 Å². The summed E-state index contributed by atoms with van der Waals surface area (Å²) in [5.74, 6) is -1.41. The number of carbonyl (C=O) groups excluding carboxylic acids is 4. The van der Waals surface area contributed by atoms with Crippen LogP contribution < -0.4 is 10.00 Å². The van der Waals surface area contributed by atoms with Crippen molar-refractivity contribution in [2.75, 3.05) is 13.2 Å². The fourth-order valence-electron chi connectivity index (χ4n) is 3.60. The lowest BCUT2D eigenvalue weighted by Crippen LogP contribution is -2.55. The molecule has 0 radical (unpaired) electrons. The van der Waals surface area contributed by atoms with E-state index < -0.39 is 37.9 Å². The Morgan fingerprint density at radius 2 is 2.21 bits per heavy atom. The summed E-state index contributed by atoms with van der Waals surface area (Å²) in [6.45, 7) is 2.67. The van der Waals surface area contributed by atoms with Crippen LogP contribution in [0.1, 0.15) is 20.3 Å². The quantitative estimate of drug-likeness (QED) is 0.201. The molecule has 2 amide bonds. The van der Waals surface area contributed by atoms with E-state index in [-0.39, 0.29) is 38.6 Å². The molecule has 1 unspecified atom stereocenters. The summed E-state index contributed by atoms with van der Waals surface area (Å²) in [5.41, 5.74) is 0. The summed E-state index contributed by atoms with van der Waals surface area (Å²) in [6, 6.07) is -1.09. The van der Waals surface area contributed by atoms with Gasteiger partial charge in [0.25, 0.3) is 5.91 Å². The zero-order valence-corrected chi connectivity index (χ0v) is 16.8. The molecule has 0 bridgehead atoms. The van der Waals surface area contributed by atoms with Crippen LogP contribution >= 0.6 is 0 Å². The zero-order valence-electron chi connectivity index (χ0n) is 16.0. The standard InChI is InChI=1S/C16H21N5O7S/c1-3-28-15(25)7-17-12(23)8-19-4-5-20(18-19)10-16(2)11(9-22)21-13(24)6-14(21)29(16,26)27/h4-5,9,11,14H,3,6-8,10H2,1-2H3/p+1/t11-,14?,16-/m0/s1. The maximum atomic E-state index is 12.9. The molecule has 1 aromatic heterocycles. The number of nitrogens with zero attached hydrogens (tertiary/aromatic N) is 4. The van der Waals surface area contributed by atoms with Gasteiger partial charge in [-0.3, -0.25) is 14.4 Å². The summed E-state index contributed by atoms with van der Waals surface area (Å²) >= 11 is 0. The molecule has 158 valence electrons. The number of nitrogens with one attached hydrogen (secondary N) is 1. The van der Waals surface area contributed by atoms with Crippen LogP contribution in [0.25, 0.3) is 0 Å². The molecule has 2 saturated heterocycles. The highest BCUT2D eigenvalue weighted by molar-refractivity contribution is 7.93. The second kappa shape index (κ2) is 7.54. The third-order valence-electron chi connectivity index (χ3n) is 5.17. The molecule has 12 nitrogen and oxygen atoms in total. The van der Waals surface area contributed by atoms with Crippen LogP contribution in [0.3, 0.4) is 0 Å². The number of esters is 1. The van der Waals surface area contributed by atoms with Gasteiger partial charge in [0, 0.05) is 0 Å². The molecular weight excluding hydrogens is 406 g/mol. The van der Waals surface area contributed by atoms with Gasteiger partial charge >= 0.3 is 5.97 Å². The number of aromatic nitrogens is 3. The van der Waals surface area contributed by atoms with E-state index >= 15 is 0 Å².